The highest BCUT2D eigenvalue weighted by Gasteiger charge is 2.30. The van der Waals surface area contributed by atoms with Crippen LogP contribution in [0.4, 0.5) is 10.7 Å². The Morgan fingerprint density at radius 2 is 1.69 bits per heavy atom. The molecule has 1 unspecified atom stereocenters. The number of anilines is 2. The number of carbonyl (C=O) groups excluding carboxylic acids is 3. The van der Waals surface area contributed by atoms with Gasteiger partial charge >= 0.3 is 5.97 Å². The topological polar surface area (TPSA) is 87.7 Å². The molecule has 45 heavy (non-hydrogen) atoms. The molecule has 0 aliphatic carbocycles. The van der Waals surface area contributed by atoms with E-state index in [4.69, 9.17) is 4.74 Å². The normalized spacial score (nSPS) is 13.6. The number of methoxy groups -OCH3 is 1. The number of nitrogens with one attached hydrogen (secondary N) is 2. The Morgan fingerprint density at radius 3 is 2.49 bits per heavy atom. The van der Waals surface area contributed by atoms with Crippen molar-refractivity contribution in [1.82, 2.24) is 4.90 Å². The van der Waals surface area contributed by atoms with Crippen molar-refractivity contribution in [2.24, 2.45) is 0 Å². The molecular formula is C36H33N3O4S2. The second kappa shape index (κ2) is 13.7. The Labute approximate surface area is 270 Å². The van der Waals surface area contributed by atoms with Crippen LogP contribution in [-0.4, -0.2) is 41.6 Å². The number of thioether (sulfide) groups is 1. The Morgan fingerprint density at radius 1 is 0.911 bits per heavy atom. The maximum absolute atomic E-state index is 13.4. The molecule has 228 valence electrons. The van der Waals surface area contributed by atoms with Crippen molar-refractivity contribution in [3.05, 3.63) is 124 Å². The predicted molar refractivity (Wildman–Crippen MR) is 182 cm³/mol. The van der Waals surface area contributed by atoms with Crippen LogP contribution in [0.5, 0.6) is 0 Å². The molecule has 0 saturated heterocycles. The Hall–Kier alpha value is -4.44. The second-order valence-corrected chi connectivity index (χ2v) is 13.5. The number of rotatable bonds is 9. The number of hydrogen-bond acceptors (Lipinski definition) is 7. The first kappa shape index (κ1) is 30.6. The van der Waals surface area contributed by atoms with Crippen molar-refractivity contribution in [2.45, 2.75) is 36.6 Å². The van der Waals surface area contributed by atoms with Crippen LogP contribution < -0.4 is 10.6 Å². The number of carbonyl (C=O) groups is 3. The summed E-state index contributed by atoms with van der Waals surface area (Å²) in [4.78, 5) is 43.5. The second-order valence-electron chi connectivity index (χ2n) is 10.9. The molecule has 2 N–H and O–H groups in total. The van der Waals surface area contributed by atoms with Crippen molar-refractivity contribution >= 4 is 62.3 Å². The first-order chi connectivity index (χ1) is 21.9. The number of benzene rings is 4. The van der Waals surface area contributed by atoms with Gasteiger partial charge in [0.05, 0.1) is 17.9 Å². The molecule has 5 aromatic rings. The molecule has 0 spiro atoms. The van der Waals surface area contributed by atoms with Crippen LogP contribution in [0, 0.1) is 0 Å². The molecule has 0 radical (unpaired) electrons. The summed E-state index contributed by atoms with van der Waals surface area (Å²) in [5.74, 6) is -0.849. The van der Waals surface area contributed by atoms with Gasteiger partial charge in [-0.05, 0) is 65.6 Å². The highest BCUT2D eigenvalue weighted by Crippen LogP contribution is 2.38. The molecule has 0 bridgehead atoms. The predicted octanol–water partition coefficient (Wildman–Crippen LogP) is 7.62. The highest BCUT2D eigenvalue weighted by atomic mass is 32.2. The van der Waals surface area contributed by atoms with Gasteiger partial charge in [0.2, 0.25) is 5.91 Å². The molecule has 0 fully saturated rings. The largest absolute Gasteiger partial charge is 0.465 e. The summed E-state index contributed by atoms with van der Waals surface area (Å²) in [6.07, 6.45) is 0.709. The lowest BCUT2D eigenvalue weighted by molar-refractivity contribution is -0.115. The number of amides is 2. The molecule has 7 nitrogen and oxygen atoms in total. The molecule has 0 saturated carbocycles. The maximum atomic E-state index is 13.4. The van der Waals surface area contributed by atoms with Crippen LogP contribution in [0.1, 0.15) is 43.6 Å². The summed E-state index contributed by atoms with van der Waals surface area (Å²) in [7, 11) is 1.37. The smallest absolute Gasteiger partial charge is 0.341 e. The maximum Gasteiger partial charge on any atom is 0.341 e. The van der Waals surface area contributed by atoms with E-state index in [2.05, 4.69) is 27.7 Å². The number of fused-ring (bicyclic) bond motifs is 2. The fraction of sp³-hybridized carbons (Fsp3) is 0.194. The first-order valence-corrected chi connectivity index (χ1v) is 16.4. The van der Waals surface area contributed by atoms with Crippen molar-refractivity contribution in [3.8, 4) is 0 Å². The summed E-state index contributed by atoms with van der Waals surface area (Å²) in [6, 6.07) is 31.3. The third-order valence-corrected chi connectivity index (χ3v) is 10.0. The average molecular weight is 636 g/mol. The van der Waals surface area contributed by atoms with Crippen LogP contribution in [0.25, 0.3) is 10.8 Å². The van der Waals surface area contributed by atoms with E-state index < -0.39 is 11.2 Å². The van der Waals surface area contributed by atoms with E-state index in [-0.39, 0.29) is 11.8 Å². The lowest BCUT2D eigenvalue weighted by Gasteiger charge is -2.27. The SMILES string of the molecule is COC(=O)c1c(NC(=O)C(C)Sc2cccc(NC(=O)c3ccc4ccccc4c3)c2)sc2c1CCN(Cc1ccccc1)C2. The van der Waals surface area contributed by atoms with Crippen LogP contribution in [0.2, 0.25) is 0 Å². The van der Waals surface area contributed by atoms with Crippen LogP contribution in [-0.2, 0) is 29.0 Å². The zero-order valence-electron chi connectivity index (χ0n) is 25.0. The summed E-state index contributed by atoms with van der Waals surface area (Å²) in [6.45, 7) is 4.17. The van der Waals surface area contributed by atoms with Crippen LogP contribution >= 0.6 is 23.1 Å². The molecular weight excluding hydrogens is 603 g/mol. The van der Waals surface area contributed by atoms with E-state index in [1.807, 2.05) is 91.9 Å². The van der Waals surface area contributed by atoms with Gasteiger partial charge in [-0.3, -0.25) is 14.5 Å². The van der Waals surface area contributed by atoms with Gasteiger partial charge in [0, 0.05) is 40.7 Å². The van der Waals surface area contributed by atoms with Gasteiger partial charge in [0.25, 0.3) is 5.91 Å². The summed E-state index contributed by atoms with van der Waals surface area (Å²) in [5.41, 5.74) is 3.87. The van der Waals surface area contributed by atoms with Gasteiger partial charge in [-0.25, -0.2) is 4.79 Å². The number of esters is 1. The van der Waals surface area contributed by atoms with Gasteiger partial charge in [0.1, 0.15) is 5.00 Å². The molecule has 1 aliphatic heterocycles. The molecule has 9 heteroatoms. The van der Waals surface area contributed by atoms with Crippen molar-refractivity contribution in [3.63, 3.8) is 0 Å². The zero-order valence-corrected chi connectivity index (χ0v) is 26.7. The Kier molecular flexibility index (Phi) is 9.30. The van der Waals surface area contributed by atoms with Crippen LogP contribution in [0.15, 0.2) is 102 Å². The van der Waals surface area contributed by atoms with Crippen molar-refractivity contribution < 1.29 is 19.1 Å². The number of thiophene rings is 1. The van der Waals surface area contributed by atoms with Crippen molar-refractivity contribution in [2.75, 3.05) is 24.3 Å². The lowest BCUT2D eigenvalue weighted by Crippen LogP contribution is -2.29. The van der Waals surface area contributed by atoms with E-state index in [9.17, 15) is 14.4 Å². The minimum absolute atomic E-state index is 0.201. The lowest BCUT2D eigenvalue weighted by atomic mass is 10.0. The van der Waals surface area contributed by atoms with Crippen molar-refractivity contribution in [1.29, 1.82) is 0 Å². The van der Waals surface area contributed by atoms with Gasteiger partial charge in [-0.15, -0.1) is 23.1 Å². The molecule has 2 amide bonds. The third kappa shape index (κ3) is 7.12. The number of nitrogens with zero attached hydrogens (tertiary/aromatic N) is 1. The summed E-state index contributed by atoms with van der Waals surface area (Å²) in [5, 5.41) is 8.14. The Balaban J connectivity index is 1.12. The van der Waals surface area contributed by atoms with Crippen LogP contribution in [0.3, 0.4) is 0 Å². The molecule has 2 heterocycles. The van der Waals surface area contributed by atoms with E-state index in [0.717, 1.165) is 39.2 Å². The first-order valence-electron chi connectivity index (χ1n) is 14.7. The fourth-order valence-electron chi connectivity index (χ4n) is 5.49. The quantitative estimate of drug-likeness (QED) is 0.128. The number of ether oxygens (including phenoxy) is 1. The highest BCUT2D eigenvalue weighted by molar-refractivity contribution is 8.00. The fourth-order valence-corrected chi connectivity index (χ4v) is 7.70. The third-order valence-electron chi connectivity index (χ3n) is 7.80. The van der Waals surface area contributed by atoms with E-state index in [0.29, 0.717) is 34.8 Å². The van der Waals surface area contributed by atoms with Gasteiger partial charge < -0.3 is 15.4 Å². The molecule has 4 aromatic carbocycles. The van der Waals surface area contributed by atoms with Gasteiger partial charge in [0.15, 0.2) is 0 Å². The minimum atomic E-state index is -0.462. The minimum Gasteiger partial charge on any atom is -0.465 e. The standard InChI is InChI=1S/C36H33N3O4S2/c1-23(44-29-14-8-13-28(20-29)37-34(41)27-16-15-25-11-6-7-12-26(25)19-27)33(40)38-35-32(36(42)43-2)30-17-18-39(22-31(30)45-35)21-24-9-4-3-5-10-24/h3-16,19-20,23H,17-18,21-22H2,1-2H3,(H,37,41)(H,38,40). The number of hydrogen-bond donors (Lipinski definition) is 2. The average Bonchev–Trinajstić information content (AvgIpc) is 3.41. The van der Waals surface area contributed by atoms with E-state index in [1.54, 1.807) is 0 Å². The monoisotopic (exact) mass is 635 g/mol. The zero-order chi connectivity index (χ0) is 31.3. The van der Waals surface area contributed by atoms with E-state index in [1.165, 1.54) is 35.8 Å². The molecule has 6 rings (SSSR count). The Bertz CT molecular complexity index is 1870. The van der Waals surface area contributed by atoms with Gasteiger partial charge in [-0.2, -0.15) is 0 Å². The van der Waals surface area contributed by atoms with E-state index >= 15 is 0 Å². The van der Waals surface area contributed by atoms with Gasteiger partial charge in [-0.1, -0.05) is 66.7 Å². The molecule has 1 aliphatic rings. The molecule has 1 atom stereocenters. The summed E-state index contributed by atoms with van der Waals surface area (Å²) < 4.78 is 5.12. The summed E-state index contributed by atoms with van der Waals surface area (Å²) >= 11 is 2.83. The molecule has 1 aromatic heterocycles.